The van der Waals surface area contributed by atoms with E-state index in [1.807, 2.05) is 44.4 Å². The number of ether oxygens (including phenoxy) is 6. The number of carbonyl (C=O) groups excluding carboxylic acids is 4. The Balaban J connectivity index is 0.000000503. The van der Waals surface area contributed by atoms with Gasteiger partial charge in [0.25, 0.3) is 0 Å². The smallest absolute Gasteiger partial charge is 0.243 e. The van der Waals surface area contributed by atoms with Crippen LogP contribution in [0.15, 0.2) is 67.1 Å². The number of aldehydes is 2. The van der Waals surface area contributed by atoms with E-state index in [0.717, 1.165) is 32.9 Å². The zero-order valence-corrected chi connectivity index (χ0v) is 33.6. The van der Waals surface area contributed by atoms with Gasteiger partial charge in [0.1, 0.15) is 24.0 Å². The van der Waals surface area contributed by atoms with E-state index in [4.69, 9.17) is 40.0 Å². The number of carbonyl (C=O) groups is 4. The molecule has 3 aromatic heterocycles. The highest BCUT2D eigenvalue weighted by atomic mass is 35.5. The molecular formula is C42H48ClN5O10. The summed E-state index contributed by atoms with van der Waals surface area (Å²) in [6, 6.07) is 14.7. The lowest BCUT2D eigenvalue weighted by Gasteiger charge is -2.26. The second-order valence-electron chi connectivity index (χ2n) is 13.3. The molecule has 0 aliphatic carbocycles. The summed E-state index contributed by atoms with van der Waals surface area (Å²) in [6.45, 7) is 3.92. The first-order valence-electron chi connectivity index (χ1n) is 18.8. The van der Waals surface area contributed by atoms with Gasteiger partial charge in [0, 0.05) is 65.0 Å². The van der Waals surface area contributed by atoms with Crippen molar-refractivity contribution >= 4 is 57.8 Å². The zero-order valence-electron chi connectivity index (χ0n) is 32.8. The fraction of sp³-hybridized carbons (Fsp3) is 0.381. The van der Waals surface area contributed by atoms with Gasteiger partial charge in [-0.1, -0.05) is 23.7 Å². The maximum Gasteiger partial charge on any atom is 0.243 e. The molecule has 0 radical (unpaired) electrons. The molecule has 1 aliphatic heterocycles. The number of amides is 2. The van der Waals surface area contributed by atoms with Gasteiger partial charge in [0.15, 0.2) is 12.6 Å². The Kier molecular flexibility index (Phi) is 17.1. The first-order chi connectivity index (χ1) is 28.2. The fourth-order valence-corrected chi connectivity index (χ4v) is 6.35. The average Bonchev–Trinajstić information content (AvgIpc) is 3.51. The minimum absolute atomic E-state index is 0.132. The van der Waals surface area contributed by atoms with Gasteiger partial charge in [-0.05, 0) is 62.5 Å². The lowest BCUT2D eigenvalue weighted by atomic mass is 10.1. The highest BCUT2D eigenvalue weighted by Gasteiger charge is 2.27. The standard InChI is InChI=1S/C35H36ClN3O8.C7H12N2O2/c1-39-33-6-7-37-22-31(33)30-5-3-25(20-34(30)39)27-19-32(36)35(38-21-27)47-17-15-45-13-11-43-9-8-42-10-12-44-14-16-46-29-4-2-26(23-40)28(18-29)24-41;1-9(2)5-3-4-6(10)8-7(5)11/h2-7,18-24H,8-17H2,1H3;5H,3-4H2,1-2H3,(H,8,10,11). The summed E-state index contributed by atoms with van der Waals surface area (Å²) in [6.07, 6.45) is 7.80. The maximum atomic E-state index is 11.1. The van der Waals surface area contributed by atoms with Crippen molar-refractivity contribution in [3.05, 3.63) is 83.3 Å². The van der Waals surface area contributed by atoms with Crippen molar-refractivity contribution < 1.29 is 47.6 Å². The second kappa shape index (κ2) is 22.6. The largest absolute Gasteiger partial charge is 0.491 e. The van der Waals surface area contributed by atoms with Gasteiger partial charge in [0.2, 0.25) is 17.7 Å². The number of likely N-dealkylation sites (N-methyl/N-ethyl adjacent to an activating group) is 1. The van der Waals surface area contributed by atoms with Crippen LogP contribution in [0.5, 0.6) is 11.6 Å². The molecular weight excluding hydrogens is 770 g/mol. The van der Waals surface area contributed by atoms with E-state index in [9.17, 15) is 19.2 Å². The molecule has 2 aromatic carbocycles. The highest BCUT2D eigenvalue weighted by molar-refractivity contribution is 6.32. The maximum absolute atomic E-state index is 11.1. The van der Waals surface area contributed by atoms with Gasteiger partial charge < -0.3 is 33.0 Å². The van der Waals surface area contributed by atoms with Crippen LogP contribution in [0.1, 0.15) is 33.6 Å². The first-order valence-corrected chi connectivity index (χ1v) is 19.2. The van der Waals surface area contributed by atoms with E-state index in [-0.39, 0.29) is 17.9 Å². The van der Waals surface area contributed by atoms with Gasteiger partial charge in [-0.2, -0.15) is 0 Å². The number of benzene rings is 2. The predicted molar refractivity (Wildman–Crippen MR) is 218 cm³/mol. The summed E-state index contributed by atoms with van der Waals surface area (Å²) >= 11 is 6.49. The Bertz CT molecular complexity index is 2160. The number of rotatable bonds is 21. The molecule has 1 saturated heterocycles. The molecule has 1 atom stereocenters. The number of imide groups is 1. The highest BCUT2D eigenvalue weighted by Crippen LogP contribution is 2.33. The summed E-state index contributed by atoms with van der Waals surface area (Å²) in [4.78, 5) is 54.2. The lowest BCUT2D eigenvalue weighted by molar-refractivity contribution is -0.136. The molecule has 58 heavy (non-hydrogen) atoms. The predicted octanol–water partition coefficient (Wildman–Crippen LogP) is 4.94. The molecule has 15 nitrogen and oxygen atoms in total. The average molecular weight is 818 g/mol. The van der Waals surface area contributed by atoms with Crippen LogP contribution >= 0.6 is 11.6 Å². The summed E-state index contributed by atoms with van der Waals surface area (Å²) in [5, 5.41) is 4.99. The van der Waals surface area contributed by atoms with Crippen molar-refractivity contribution in [3.63, 3.8) is 0 Å². The molecule has 5 aromatic rings. The summed E-state index contributed by atoms with van der Waals surface area (Å²) < 4.78 is 35.5. The molecule has 1 fully saturated rings. The van der Waals surface area contributed by atoms with Gasteiger partial charge in [-0.25, -0.2) is 4.98 Å². The van der Waals surface area contributed by atoms with E-state index in [2.05, 4.69) is 38.1 Å². The zero-order chi connectivity index (χ0) is 41.3. The number of pyridine rings is 2. The molecule has 4 heterocycles. The number of aryl methyl sites for hydroxylation is 1. The third-order valence-corrected chi connectivity index (χ3v) is 9.44. The molecule has 1 unspecified atom stereocenters. The fourth-order valence-electron chi connectivity index (χ4n) is 6.13. The van der Waals surface area contributed by atoms with E-state index < -0.39 is 0 Å². The first kappa shape index (κ1) is 43.8. The van der Waals surface area contributed by atoms with Crippen molar-refractivity contribution in [3.8, 4) is 22.8 Å². The third-order valence-electron chi connectivity index (χ3n) is 9.17. The molecule has 0 saturated carbocycles. The van der Waals surface area contributed by atoms with Gasteiger partial charge in [0.05, 0.1) is 64.4 Å². The Morgan fingerprint density at radius 1 is 0.759 bits per heavy atom. The number of aromatic nitrogens is 3. The molecule has 16 heteroatoms. The quantitative estimate of drug-likeness (QED) is 0.0601. The second-order valence-corrected chi connectivity index (χ2v) is 13.7. The van der Waals surface area contributed by atoms with Crippen molar-refractivity contribution in [2.75, 3.05) is 80.2 Å². The molecule has 0 bridgehead atoms. The van der Waals surface area contributed by atoms with Crippen LogP contribution in [0.25, 0.3) is 32.9 Å². The summed E-state index contributed by atoms with van der Waals surface area (Å²) in [5.74, 6) is 0.529. The van der Waals surface area contributed by atoms with E-state index >= 15 is 0 Å². The number of hydrogen-bond acceptors (Lipinski definition) is 13. The third kappa shape index (κ3) is 12.4. The number of hydrogen-bond donors (Lipinski definition) is 1. The van der Waals surface area contributed by atoms with Gasteiger partial charge in [-0.15, -0.1) is 0 Å². The van der Waals surface area contributed by atoms with Crippen LogP contribution in [-0.2, 0) is 35.6 Å². The van der Waals surface area contributed by atoms with Crippen molar-refractivity contribution in [1.29, 1.82) is 0 Å². The van der Waals surface area contributed by atoms with Crippen LogP contribution in [0.2, 0.25) is 5.02 Å². The molecule has 6 rings (SSSR count). The van der Waals surface area contributed by atoms with E-state index in [1.54, 1.807) is 24.5 Å². The van der Waals surface area contributed by atoms with Crippen LogP contribution < -0.4 is 14.8 Å². The molecule has 0 spiro atoms. The SMILES string of the molecule is CN(C)C1CCC(=O)NC1=O.Cn1c2ccncc2c2ccc(-c3cnc(OCCOCCOCCOCCOCCOc4ccc(C=O)c(C=O)c4)c(Cl)c3)cc21. The van der Waals surface area contributed by atoms with Gasteiger partial charge >= 0.3 is 0 Å². The van der Waals surface area contributed by atoms with Crippen LogP contribution in [0.4, 0.5) is 0 Å². The lowest BCUT2D eigenvalue weighted by Crippen LogP contribution is -2.50. The molecule has 2 amide bonds. The Labute approximate surface area is 341 Å². The number of piperidine rings is 1. The van der Waals surface area contributed by atoms with Crippen molar-refractivity contribution in [1.82, 2.24) is 24.8 Å². The van der Waals surface area contributed by atoms with Crippen LogP contribution in [-0.4, -0.2) is 130 Å². The number of nitrogens with zero attached hydrogens (tertiary/aromatic N) is 4. The van der Waals surface area contributed by atoms with Crippen molar-refractivity contribution in [2.24, 2.45) is 7.05 Å². The monoisotopic (exact) mass is 817 g/mol. The van der Waals surface area contributed by atoms with E-state index in [0.29, 0.717) is 119 Å². The Morgan fingerprint density at radius 3 is 2.03 bits per heavy atom. The summed E-state index contributed by atoms with van der Waals surface area (Å²) in [7, 11) is 5.72. The minimum Gasteiger partial charge on any atom is -0.491 e. The number of fused-ring (bicyclic) bond motifs is 3. The molecule has 308 valence electrons. The Morgan fingerprint density at radius 2 is 1.41 bits per heavy atom. The molecule has 1 aliphatic rings. The number of nitrogens with one attached hydrogen (secondary N) is 1. The number of halogens is 1. The molecule has 1 N–H and O–H groups in total. The summed E-state index contributed by atoms with van der Waals surface area (Å²) in [5.41, 5.74) is 4.77. The topological polar surface area (TPSA) is 170 Å². The van der Waals surface area contributed by atoms with Crippen LogP contribution in [0, 0.1) is 0 Å². The minimum atomic E-state index is -0.175. The van der Waals surface area contributed by atoms with Crippen molar-refractivity contribution in [2.45, 2.75) is 18.9 Å². The van der Waals surface area contributed by atoms with Gasteiger partial charge in [-0.3, -0.25) is 34.4 Å². The Hall–Kier alpha value is -5.29. The van der Waals surface area contributed by atoms with Crippen LogP contribution in [0.3, 0.4) is 0 Å². The van der Waals surface area contributed by atoms with E-state index in [1.165, 1.54) is 6.07 Å². The normalized spacial score (nSPS) is 14.0.